The molecule has 0 radical (unpaired) electrons. The molecule has 0 unspecified atom stereocenters. The number of aromatic nitrogens is 3. The lowest BCUT2D eigenvalue weighted by Gasteiger charge is -1.98. The lowest BCUT2D eigenvalue weighted by molar-refractivity contribution is 0.283. The van der Waals surface area contributed by atoms with Gasteiger partial charge in [-0.2, -0.15) is 5.10 Å². The van der Waals surface area contributed by atoms with Crippen LogP contribution >= 0.6 is 0 Å². The van der Waals surface area contributed by atoms with Gasteiger partial charge in [0.05, 0.1) is 12.8 Å². The van der Waals surface area contributed by atoms with E-state index in [9.17, 15) is 0 Å². The van der Waals surface area contributed by atoms with Crippen molar-refractivity contribution in [2.45, 2.75) is 20.1 Å². The van der Waals surface area contributed by atoms with Crippen LogP contribution in [0.1, 0.15) is 12.5 Å². The third-order valence-electron chi connectivity index (χ3n) is 2.01. The third-order valence-corrected chi connectivity index (χ3v) is 2.01. The summed E-state index contributed by atoms with van der Waals surface area (Å²) >= 11 is 0. The predicted molar refractivity (Wildman–Crippen MR) is 44.8 cm³/mol. The van der Waals surface area contributed by atoms with E-state index in [1.54, 1.807) is 10.7 Å². The van der Waals surface area contributed by atoms with E-state index in [1.165, 1.54) is 0 Å². The van der Waals surface area contributed by atoms with Gasteiger partial charge in [0.1, 0.15) is 5.65 Å². The number of aliphatic hydroxyl groups is 1. The quantitative estimate of drug-likeness (QED) is 0.709. The highest BCUT2D eigenvalue weighted by molar-refractivity contribution is 5.47. The summed E-state index contributed by atoms with van der Waals surface area (Å²) in [7, 11) is 0. The van der Waals surface area contributed by atoms with Crippen LogP contribution in [0.5, 0.6) is 0 Å². The second-order valence-corrected chi connectivity index (χ2v) is 2.68. The minimum absolute atomic E-state index is 0.0491. The monoisotopic (exact) mass is 165 g/mol. The average Bonchev–Trinajstić information content (AvgIpc) is 2.62. The van der Waals surface area contributed by atoms with E-state index in [0.717, 1.165) is 17.8 Å². The predicted octanol–water partition coefficient (Wildman–Crippen LogP) is 0.648. The van der Waals surface area contributed by atoms with Gasteiger partial charge in [-0.05, 0) is 6.92 Å². The highest BCUT2D eigenvalue weighted by Gasteiger charge is 2.06. The number of imidazole rings is 1. The van der Waals surface area contributed by atoms with Crippen LogP contribution in [0.3, 0.4) is 0 Å². The Hall–Kier alpha value is -1.29. The zero-order chi connectivity index (χ0) is 8.55. The van der Waals surface area contributed by atoms with Gasteiger partial charge in [-0.15, -0.1) is 0 Å². The van der Waals surface area contributed by atoms with Crippen LogP contribution < -0.4 is 0 Å². The van der Waals surface area contributed by atoms with Crippen LogP contribution in [-0.4, -0.2) is 19.3 Å². The van der Waals surface area contributed by atoms with Crippen molar-refractivity contribution in [3.8, 4) is 0 Å². The molecule has 0 fully saturated rings. The molecule has 64 valence electrons. The molecule has 2 rings (SSSR count). The fourth-order valence-electron chi connectivity index (χ4n) is 1.40. The normalized spacial score (nSPS) is 11.2. The molecule has 2 aromatic rings. The molecule has 4 heteroatoms. The number of hydrogen-bond donors (Lipinski definition) is 1. The zero-order valence-electron chi connectivity index (χ0n) is 6.94. The molecular weight excluding hydrogens is 154 g/mol. The SMILES string of the molecule is CCn1ccn2ncc(CO)c12. The lowest BCUT2D eigenvalue weighted by atomic mass is 10.4. The summed E-state index contributed by atoms with van der Waals surface area (Å²) in [5.41, 5.74) is 1.86. The second kappa shape index (κ2) is 2.64. The molecule has 1 N–H and O–H groups in total. The van der Waals surface area contributed by atoms with E-state index < -0.39 is 0 Å². The maximum Gasteiger partial charge on any atom is 0.141 e. The van der Waals surface area contributed by atoms with Crippen LogP contribution in [0.2, 0.25) is 0 Å². The summed E-state index contributed by atoms with van der Waals surface area (Å²) < 4.78 is 3.83. The maximum absolute atomic E-state index is 9.00. The van der Waals surface area contributed by atoms with Crippen molar-refractivity contribution in [2.75, 3.05) is 0 Å². The van der Waals surface area contributed by atoms with Crippen LogP contribution in [0.25, 0.3) is 5.65 Å². The lowest BCUT2D eigenvalue weighted by Crippen LogP contribution is -1.94. The smallest absolute Gasteiger partial charge is 0.141 e. The molecule has 0 atom stereocenters. The Morgan fingerprint density at radius 1 is 1.50 bits per heavy atom. The first kappa shape index (κ1) is 7.36. The Morgan fingerprint density at radius 2 is 2.33 bits per heavy atom. The minimum atomic E-state index is 0.0491. The molecule has 4 nitrogen and oxygen atoms in total. The van der Waals surface area contributed by atoms with Gasteiger partial charge >= 0.3 is 0 Å². The van der Waals surface area contributed by atoms with Gasteiger partial charge in [0.25, 0.3) is 0 Å². The van der Waals surface area contributed by atoms with Gasteiger partial charge < -0.3 is 9.67 Å². The largest absolute Gasteiger partial charge is 0.391 e. The Bertz CT molecular complexity index is 354. The first-order chi connectivity index (χ1) is 5.86. The molecule has 0 aliphatic heterocycles. The van der Waals surface area contributed by atoms with Crippen molar-refractivity contribution in [3.05, 3.63) is 24.2 Å². The van der Waals surface area contributed by atoms with Gasteiger partial charge in [0.2, 0.25) is 0 Å². The van der Waals surface area contributed by atoms with Gasteiger partial charge in [0, 0.05) is 24.5 Å². The Kier molecular flexibility index (Phi) is 1.62. The van der Waals surface area contributed by atoms with Crippen LogP contribution in [0, 0.1) is 0 Å². The second-order valence-electron chi connectivity index (χ2n) is 2.68. The number of nitrogens with zero attached hydrogens (tertiary/aromatic N) is 3. The molecule has 0 bridgehead atoms. The molecule has 0 saturated carbocycles. The third kappa shape index (κ3) is 0.848. The van der Waals surface area contributed by atoms with Crippen molar-refractivity contribution < 1.29 is 5.11 Å². The molecule has 2 aromatic heterocycles. The average molecular weight is 165 g/mol. The molecule has 2 heterocycles. The van der Waals surface area contributed by atoms with E-state index in [0.29, 0.717) is 0 Å². The Labute approximate surface area is 70.0 Å². The van der Waals surface area contributed by atoms with Gasteiger partial charge in [0.15, 0.2) is 0 Å². The summed E-state index contributed by atoms with van der Waals surface area (Å²) in [4.78, 5) is 0. The van der Waals surface area contributed by atoms with E-state index in [2.05, 4.69) is 16.6 Å². The highest BCUT2D eigenvalue weighted by Crippen LogP contribution is 2.11. The molecule has 12 heavy (non-hydrogen) atoms. The maximum atomic E-state index is 9.00. The molecular formula is C8H11N3O. The summed E-state index contributed by atoms with van der Waals surface area (Å²) in [5.74, 6) is 0. The molecule has 0 saturated heterocycles. The van der Waals surface area contributed by atoms with E-state index in [-0.39, 0.29) is 6.61 Å². The van der Waals surface area contributed by atoms with Gasteiger partial charge in [-0.25, -0.2) is 4.52 Å². The summed E-state index contributed by atoms with van der Waals surface area (Å²) in [5, 5.41) is 13.1. The number of aliphatic hydroxyl groups excluding tert-OH is 1. The van der Waals surface area contributed by atoms with Crippen molar-refractivity contribution >= 4 is 5.65 Å². The number of fused-ring (bicyclic) bond motifs is 1. The van der Waals surface area contributed by atoms with Gasteiger partial charge in [-0.3, -0.25) is 0 Å². The molecule has 0 aliphatic carbocycles. The minimum Gasteiger partial charge on any atom is -0.391 e. The molecule has 0 spiro atoms. The van der Waals surface area contributed by atoms with Crippen molar-refractivity contribution in [1.82, 2.24) is 14.2 Å². The van der Waals surface area contributed by atoms with E-state index in [1.807, 2.05) is 12.4 Å². The van der Waals surface area contributed by atoms with Crippen molar-refractivity contribution in [3.63, 3.8) is 0 Å². The van der Waals surface area contributed by atoms with E-state index in [4.69, 9.17) is 5.11 Å². The zero-order valence-corrected chi connectivity index (χ0v) is 6.94. The fourth-order valence-corrected chi connectivity index (χ4v) is 1.40. The fraction of sp³-hybridized carbons (Fsp3) is 0.375. The van der Waals surface area contributed by atoms with Gasteiger partial charge in [-0.1, -0.05) is 0 Å². The molecule has 0 amide bonds. The number of aryl methyl sites for hydroxylation is 1. The standard InChI is InChI=1S/C8H11N3O/c1-2-10-3-4-11-8(10)7(6-12)5-9-11/h3-5,12H,2,6H2,1H3. The molecule has 0 aromatic carbocycles. The van der Waals surface area contributed by atoms with Crippen molar-refractivity contribution in [2.24, 2.45) is 0 Å². The summed E-state index contributed by atoms with van der Waals surface area (Å²) in [6, 6.07) is 0. The first-order valence-electron chi connectivity index (χ1n) is 3.99. The van der Waals surface area contributed by atoms with E-state index >= 15 is 0 Å². The highest BCUT2D eigenvalue weighted by atomic mass is 16.3. The summed E-state index contributed by atoms with van der Waals surface area (Å²) in [6.45, 7) is 3.01. The van der Waals surface area contributed by atoms with Crippen LogP contribution in [0.15, 0.2) is 18.6 Å². The Morgan fingerprint density at radius 3 is 3.00 bits per heavy atom. The Balaban J connectivity index is 2.70. The van der Waals surface area contributed by atoms with Crippen LogP contribution in [0.4, 0.5) is 0 Å². The molecule has 0 aliphatic rings. The first-order valence-corrected chi connectivity index (χ1v) is 3.99. The van der Waals surface area contributed by atoms with Crippen LogP contribution in [-0.2, 0) is 13.2 Å². The topological polar surface area (TPSA) is 42.5 Å². The summed E-state index contributed by atoms with van der Waals surface area (Å²) in [6.07, 6.45) is 5.54. The number of hydrogen-bond acceptors (Lipinski definition) is 2. The number of rotatable bonds is 2. The van der Waals surface area contributed by atoms with Crippen molar-refractivity contribution in [1.29, 1.82) is 0 Å².